The maximum atomic E-state index is 13.3. The molecule has 29 heavy (non-hydrogen) atoms. The van der Waals surface area contributed by atoms with Gasteiger partial charge in [-0.15, -0.1) is 0 Å². The number of pyridine rings is 1. The first kappa shape index (κ1) is 19.4. The Bertz CT molecular complexity index is 1160. The van der Waals surface area contributed by atoms with E-state index in [0.717, 1.165) is 23.1 Å². The Morgan fingerprint density at radius 1 is 1.14 bits per heavy atom. The lowest BCUT2D eigenvalue weighted by Crippen LogP contribution is -2.31. The molecule has 0 N–H and O–H groups in total. The number of hydrogen-bond acceptors (Lipinski definition) is 6. The van der Waals surface area contributed by atoms with Gasteiger partial charge in [-0.2, -0.15) is 0 Å². The van der Waals surface area contributed by atoms with E-state index in [1.165, 1.54) is 18.5 Å². The van der Waals surface area contributed by atoms with E-state index >= 15 is 0 Å². The molecule has 4 rings (SSSR count). The van der Waals surface area contributed by atoms with Crippen molar-refractivity contribution < 1.29 is 13.2 Å². The van der Waals surface area contributed by atoms with E-state index in [2.05, 4.69) is 21.0 Å². The van der Waals surface area contributed by atoms with E-state index in [1.807, 2.05) is 26.8 Å². The van der Waals surface area contributed by atoms with Crippen molar-refractivity contribution >= 4 is 27.0 Å². The van der Waals surface area contributed by atoms with Gasteiger partial charge in [-0.05, 0) is 31.1 Å². The fourth-order valence-corrected chi connectivity index (χ4v) is 4.45. The highest BCUT2D eigenvalue weighted by atomic mass is 32.2. The van der Waals surface area contributed by atoms with Gasteiger partial charge in [-0.25, -0.2) is 18.4 Å². The molecule has 8 heteroatoms. The van der Waals surface area contributed by atoms with E-state index in [1.54, 1.807) is 17.3 Å². The average molecular weight is 410 g/mol. The highest BCUT2D eigenvalue weighted by Crippen LogP contribution is 2.50. The van der Waals surface area contributed by atoms with Gasteiger partial charge in [-0.3, -0.25) is 14.7 Å². The fraction of sp³-hybridized carbons (Fsp3) is 0.333. The number of anilines is 1. The number of carbonyl (C=O) groups is 1. The van der Waals surface area contributed by atoms with Crippen molar-refractivity contribution in [1.82, 2.24) is 15.0 Å². The summed E-state index contributed by atoms with van der Waals surface area (Å²) < 4.78 is 24.0. The number of nitrogens with zero attached hydrogens (tertiary/aromatic N) is 4. The van der Waals surface area contributed by atoms with E-state index in [4.69, 9.17) is 0 Å². The number of amides is 1. The molecule has 7 nitrogen and oxygen atoms in total. The van der Waals surface area contributed by atoms with Crippen molar-refractivity contribution in [2.24, 2.45) is 11.3 Å². The van der Waals surface area contributed by atoms with Gasteiger partial charge in [0, 0.05) is 42.0 Å². The standard InChI is InChI=1S/C21H22N4O3S/c1-13-23-9-15(10-24-13)14-5-6-18-19(7-14)25(20(26)21(18,2)3)16-8-17(12-22-11-16)29(4,27)28/h5,7-12,18H,6H2,1-4H3. The predicted molar refractivity (Wildman–Crippen MR) is 110 cm³/mol. The Kier molecular flexibility index (Phi) is 4.42. The summed E-state index contributed by atoms with van der Waals surface area (Å²) in [6.45, 7) is 5.68. The molecule has 1 fully saturated rings. The Hall–Kier alpha value is -2.87. The van der Waals surface area contributed by atoms with Crippen molar-refractivity contribution in [2.45, 2.75) is 32.1 Å². The molecule has 1 unspecified atom stereocenters. The lowest BCUT2D eigenvalue weighted by Gasteiger charge is -2.26. The zero-order valence-corrected chi connectivity index (χ0v) is 17.6. The van der Waals surface area contributed by atoms with Gasteiger partial charge in [0.25, 0.3) is 0 Å². The van der Waals surface area contributed by atoms with Crippen LogP contribution in [0.3, 0.4) is 0 Å². The summed E-state index contributed by atoms with van der Waals surface area (Å²) in [5, 5.41) is 0. The molecular weight excluding hydrogens is 388 g/mol. The largest absolute Gasteiger partial charge is 0.282 e. The predicted octanol–water partition coefficient (Wildman–Crippen LogP) is 2.94. The molecule has 0 spiro atoms. The number of rotatable bonds is 3. The fourth-order valence-electron chi connectivity index (χ4n) is 3.87. The molecular formula is C21H22N4O3S. The van der Waals surface area contributed by atoms with E-state index in [0.29, 0.717) is 17.9 Å². The minimum atomic E-state index is -3.44. The molecule has 3 heterocycles. The second-order valence-electron chi connectivity index (χ2n) is 8.05. The molecule has 1 amide bonds. The summed E-state index contributed by atoms with van der Waals surface area (Å²) in [6.07, 6.45) is 12.3. The van der Waals surface area contributed by atoms with Crippen molar-refractivity contribution in [1.29, 1.82) is 0 Å². The summed E-state index contributed by atoms with van der Waals surface area (Å²) in [4.78, 5) is 27.6. The number of sulfone groups is 1. The van der Waals surface area contributed by atoms with Crippen LogP contribution >= 0.6 is 0 Å². The summed E-state index contributed by atoms with van der Waals surface area (Å²) in [5.41, 5.74) is 2.51. The van der Waals surface area contributed by atoms with Crippen LogP contribution in [0.4, 0.5) is 5.69 Å². The molecule has 0 aromatic carbocycles. The number of fused-ring (bicyclic) bond motifs is 1. The van der Waals surface area contributed by atoms with Crippen LogP contribution in [-0.2, 0) is 14.6 Å². The highest BCUT2D eigenvalue weighted by Gasteiger charge is 2.51. The first-order chi connectivity index (χ1) is 13.6. The van der Waals surface area contributed by atoms with Gasteiger partial charge in [0.2, 0.25) is 5.91 Å². The third-order valence-corrected chi connectivity index (χ3v) is 6.70. The minimum absolute atomic E-state index is 0.00740. The second kappa shape index (κ2) is 6.59. The van der Waals surface area contributed by atoms with Crippen molar-refractivity contribution in [3.05, 3.63) is 60.1 Å². The topological polar surface area (TPSA) is 93.1 Å². The molecule has 1 aliphatic carbocycles. The third kappa shape index (κ3) is 3.27. The van der Waals surface area contributed by atoms with Crippen molar-refractivity contribution in [2.75, 3.05) is 11.2 Å². The second-order valence-corrected chi connectivity index (χ2v) is 10.1. The Balaban J connectivity index is 1.82. The van der Waals surface area contributed by atoms with Crippen LogP contribution in [0.5, 0.6) is 0 Å². The monoisotopic (exact) mass is 410 g/mol. The number of carbonyl (C=O) groups excluding carboxylic acids is 1. The maximum absolute atomic E-state index is 13.3. The van der Waals surface area contributed by atoms with Crippen LogP contribution in [0.1, 0.15) is 31.7 Å². The van der Waals surface area contributed by atoms with Crippen LogP contribution < -0.4 is 4.90 Å². The SMILES string of the molecule is Cc1ncc(C2=CCC3C(=C2)N(c2cncc(S(C)(=O)=O)c2)C(=O)C3(C)C)cn1. The lowest BCUT2D eigenvalue weighted by molar-refractivity contribution is -0.125. The van der Waals surface area contributed by atoms with Crippen LogP contribution in [0, 0.1) is 18.3 Å². The molecule has 1 saturated heterocycles. The Morgan fingerprint density at radius 2 is 1.83 bits per heavy atom. The van der Waals surface area contributed by atoms with Gasteiger partial charge >= 0.3 is 0 Å². The van der Waals surface area contributed by atoms with Crippen molar-refractivity contribution in [3.8, 4) is 0 Å². The molecule has 0 radical (unpaired) electrons. The third-order valence-electron chi connectivity index (χ3n) is 5.62. The summed E-state index contributed by atoms with van der Waals surface area (Å²) in [7, 11) is -3.44. The van der Waals surface area contributed by atoms with Crippen molar-refractivity contribution in [3.63, 3.8) is 0 Å². The first-order valence-electron chi connectivity index (χ1n) is 9.29. The van der Waals surface area contributed by atoms with Crippen LogP contribution in [-0.4, -0.2) is 35.5 Å². The van der Waals surface area contributed by atoms with E-state index in [9.17, 15) is 13.2 Å². The van der Waals surface area contributed by atoms with E-state index in [-0.39, 0.29) is 16.7 Å². The number of aryl methyl sites for hydroxylation is 1. The average Bonchev–Trinajstić information content (AvgIpc) is 2.87. The van der Waals surface area contributed by atoms with Crippen LogP contribution in [0.25, 0.3) is 5.57 Å². The summed E-state index contributed by atoms with van der Waals surface area (Å²) in [5.74, 6) is 0.612. The molecule has 0 bridgehead atoms. The molecule has 1 aliphatic heterocycles. The number of allylic oxidation sites excluding steroid dienone is 4. The Labute approximate surface area is 170 Å². The van der Waals surface area contributed by atoms with Crippen LogP contribution in [0.2, 0.25) is 0 Å². The number of aromatic nitrogens is 3. The zero-order chi connectivity index (χ0) is 21.0. The van der Waals surface area contributed by atoms with E-state index < -0.39 is 15.3 Å². The molecule has 2 aliphatic rings. The quantitative estimate of drug-likeness (QED) is 0.772. The van der Waals surface area contributed by atoms with Gasteiger partial charge < -0.3 is 0 Å². The molecule has 2 aromatic heterocycles. The first-order valence-corrected chi connectivity index (χ1v) is 11.2. The van der Waals surface area contributed by atoms with Gasteiger partial charge in [0.15, 0.2) is 9.84 Å². The summed E-state index contributed by atoms with van der Waals surface area (Å²) in [6, 6.07) is 1.51. The highest BCUT2D eigenvalue weighted by molar-refractivity contribution is 7.90. The van der Waals surface area contributed by atoms with Gasteiger partial charge in [0.1, 0.15) is 5.82 Å². The zero-order valence-electron chi connectivity index (χ0n) is 16.7. The summed E-state index contributed by atoms with van der Waals surface area (Å²) >= 11 is 0. The number of hydrogen-bond donors (Lipinski definition) is 0. The normalized spacial score (nSPS) is 20.9. The van der Waals surface area contributed by atoms with Gasteiger partial charge in [0.05, 0.1) is 22.2 Å². The Morgan fingerprint density at radius 3 is 2.48 bits per heavy atom. The molecule has 1 atom stereocenters. The molecule has 150 valence electrons. The maximum Gasteiger partial charge on any atom is 0.237 e. The smallest absolute Gasteiger partial charge is 0.237 e. The minimum Gasteiger partial charge on any atom is -0.282 e. The molecule has 2 aromatic rings. The lowest BCUT2D eigenvalue weighted by atomic mass is 9.75. The molecule has 0 saturated carbocycles. The van der Waals surface area contributed by atoms with Gasteiger partial charge in [-0.1, -0.05) is 19.9 Å². The van der Waals surface area contributed by atoms with Crippen LogP contribution in [0.15, 0.2) is 53.6 Å².